The molecule has 0 bridgehead atoms. The highest BCUT2D eigenvalue weighted by Gasteiger charge is 2.30. The Morgan fingerprint density at radius 2 is 1.61 bits per heavy atom. The Hall–Kier alpha value is -2.23. The highest BCUT2D eigenvalue weighted by atomic mass is 79.9. The molecule has 9 heteroatoms. The second-order valence-corrected chi connectivity index (χ2v) is 11.2. The second kappa shape index (κ2) is 11.8. The molecule has 0 saturated carbocycles. The summed E-state index contributed by atoms with van der Waals surface area (Å²) in [5.41, 5.74) is 1.77. The minimum absolute atomic E-state index is 0.0332. The first-order valence-electron chi connectivity index (χ1n) is 10.8. The van der Waals surface area contributed by atoms with Gasteiger partial charge in [-0.05, 0) is 57.0 Å². The van der Waals surface area contributed by atoms with Crippen molar-refractivity contribution in [2.24, 2.45) is 0 Å². The Morgan fingerprint density at radius 3 is 2.15 bits per heavy atom. The molecule has 2 amide bonds. The van der Waals surface area contributed by atoms with Gasteiger partial charge in [0.25, 0.3) is 0 Å². The third-order valence-electron chi connectivity index (χ3n) is 5.52. The smallest absolute Gasteiger partial charge is 0.243 e. The van der Waals surface area contributed by atoms with Crippen molar-refractivity contribution in [2.75, 3.05) is 13.6 Å². The summed E-state index contributed by atoms with van der Waals surface area (Å²) in [6.45, 7) is 7.18. The zero-order valence-electron chi connectivity index (χ0n) is 19.7. The van der Waals surface area contributed by atoms with Crippen LogP contribution in [0.2, 0.25) is 0 Å². The fourth-order valence-electron chi connectivity index (χ4n) is 3.09. The molecule has 0 aliphatic carbocycles. The Labute approximate surface area is 205 Å². The third-order valence-corrected chi connectivity index (χ3v) is 7.87. The van der Waals surface area contributed by atoms with Crippen molar-refractivity contribution < 1.29 is 18.0 Å². The number of sulfonamides is 1. The minimum atomic E-state index is -3.85. The summed E-state index contributed by atoms with van der Waals surface area (Å²) in [4.78, 5) is 27.6. The maximum absolute atomic E-state index is 13.3. The van der Waals surface area contributed by atoms with Gasteiger partial charge in [-0.15, -0.1) is 0 Å². The van der Waals surface area contributed by atoms with E-state index in [9.17, 15) is 18.0 Å². The molecule has 2 atom stereocenters. The van der Waals surface area contributed by atoms with Crippen LogP contribution in [-0.2, 0) is 26.2 Å². The van der Waals surface area contributed by atoms with Gasteiger partial charge in [-0.25, -0.2) is 8.42 Å². The Balaban J connectivity index is 2.26. The zero-order chi connectivity index (χ0) is 24.8. The molecule has 180 valence electrons. The number of aryl methyl sites for hydroxylation is 1. The van der Waals surface area contributed by atoms with E-state index in [4.69, 9.17) is 0 Å². The first-order chi connectivity index (χ1) is 15.4. The number of nitrogens with one attached hydrogen (secondary N) is 1. The quantitative estimate of drug-likeness (QED) is 0.500. The molecule has 0 aromatic heterocycles. The molecular weight excluding hydrogens is 506 g/mol. The first-order valence-corrected chi connectivity index (χ1v) is 13.1. The highest BCUT2D eigenvalue weighted by Crippen LogP contribution is 2.18. The van der Waals surface area contributed by atoms with Crippen LogP contribution in [-0.4, -0.2) is 55.1 Å². The number of likely N-dealkylation sites (N-methyl/N-ethyl adjacent to an activating group) is 1. The SMILES string of the molecule is CC[C@@H](C)NC(=O)[C@@H](C)N(Cc1ccc(Br)cc1)C(=O)CN(C)S(=O)(=O)c1ccc(C)cc1. The van der Waals surface area contributed by atoms with Crippen molar-refractivity contribution in [3.63, 3.8) is 0 Å². The van der Waals surface area contributed by atoms with E-state index < -0.39 is 22.0 Å². The van der Waals surface area contributed by atoms with Crippen LogP contribution in [0, 0.1) is 6.92 Å². The summed E-state index contributed by atoms with van der Waals surface area (Å²) in [6, 6.07) is 13.1. The Bertz CT molecular complexity index is 1060. The zero-order valence-corrected chi connectivity index (χ0v) is 22.1. The van der Waals surface area contributed by atoms with Gasteiger partial charge in [0, 0.05) is 24.1 Å². The van der Waals surface area contributed by atoms with E-state index in [1.165, 1.54) is 24.1 Å². The summed E-state index contributed by atoms with van der Waals surface area (Å²) in [5, 5.41) is 2.90. The molecule has 0 saturated heterocycles. The number of nitrogens with zero attached hydrogens (tertiary/aromatic N) is 2. The fourth-order valence-corrected chi connectivity index (χ4v) is 4.48. The van der Waals surface area contributed by atoms with Crippen LogP contribution in [0.4, 0.5) is 0 Å². The van der Waals surface area contributed by atoms with E-state index in [2.05, 4.69) is 21.2 Å². The predicted octanol–water partition coefficient (Wildman–Crippen LogP) is 3.71. The number of hydrogen-bond acceptors (Lipinski definition) is 4. The lowest BCUT2D eigenvalue weighted by atomic mass is 10.1. The predicted molar refractivity (Wildman–Crippen MR) is 133 cm³/mol. The van der Waals surface area contributed by atoms with Crippen LogP contribution in [0.3, 0.4) is 0 Å². The molecule has 2 aromatic carbocycles. The number of carbonyl (C=O) groups excluding carboxylic acids is 2. The van der Waals surface area contributed by atoms with E-state index in [1.807, 2.05) is 45.0 Å². The lowest BCUT2D eigenvalue weighted by Crippen LogP contribution is -2.51. The molecular formula is C24H32BrN3O4S. The topological polar surface area (TPSA) is 86.8 Å². The number of benzene rings is 2. The monoisotopic (exact) mass is 537 g/mol. The average Bonchev–Trinajstić information content (AvgIpc) is 2.78. The van der Waals surface area contributed by atoms with Crippen molar-refractivity contribution in [2.45, 2.75) is 57.6 Å². The maximum atomic E-state index is 13.3. The van der Waals surface area contributed by atoms with Gasteiger partial charge in [-0.1, -0.05) is 52.7 Å². The van der Waals surface area contributed by atoms with Gasteiger partial charge < -0.3 is 10.2 Å². The van der Waals surface area contributed by atoms with Gasteiger partial charge in [0.1, 0.15) is 6.04 Å². The van der Waals surface area contributed by atoms with E-state index in [-0.39, 0.29) is 29.9 Å². The number of hydrogen-bond donors (Lipinski definition) is 1. The summed E-state index contributed by atoms with van der Waals surface area (Å²) in [6.07, 6.45) is 0.761. The molecule has 2 aromatic rings. The second-order valence-electron chi connectivity index (χ2n) is 8.22. The van der Waals surface area contributed by atoms with Crippen LogP contribution in [0.1, 0.15) is 38.3 Å². The lowest BCUT2D eigenvalue weighted by molar-refractivity contribution is -0.140. The van der Waals surface area contributed by atoms with Gasteiger partial charge >= 0.3 is 0 Å². The van der Waals surface area contributed by atoms with Crippen molar-refractivity contribution in [1.82, 2.24) is 14.5 Å². The van der Waals surface area contributed by atoms with Crippen LogP contribution < -0.4 is 5.32 Å². The van der Waals surface area contributed by atoms with Crippen molar-refractivity contribution in [1.29, 1.82) is 0 Å². The van der Waals surface area contributed by atoms with Crippen LogP contribution in [0.25, 0.3) is 0 Å². The molecule has 0 unspecified atom stereocenters. The Morgan fingerprint density at radius 1 is 1.03 bits per heavy atom. The van der Waals surface area contributed by atoms with E-state index >= 15 is 0 Å². The van der Waals surface area contributed by atoms with Gasteiger partial charge in [-0.2, -0.15) is 4.31 Å². The third kappa shape index (κ3) is 7.38. The van der Waals surface area contributed by atoms with E-state index in [0.29, 0.717) is 0 Å². The lowest BCUT2D eigenvalue weighted by Gasteiger charge is -2.31. The number of halogens is 1. The number of amides is 2. The molecule has 0 heterocycles. The fraction of sp³-hybridized carbons (Fsp3) is 0.417. The molecule has 0 fully saturated rings. The number of rotatable bonds is 10. The largest absolute Gasteiger partial charge is 0.352 e. The molecule has 0 spiro atoms. The molecule has 33 heavy (non-hydrogen) atoms. The van der Waals surface area contributed by atoms with Crippen LogP contribution in [0.15, 0.2) is 57.9 Å². The van der Waals surface area contributed by atoms with Crippen LogP contribution in [0.5, 0.6) is 0 Å². The van der Waals surface area contributed by atoms with Crippen molar-refractivity contribution in [3.8, 4) is 0 Å². The standard InChI is InChI=1S/C24H32BrN3O4S/c1-6-18(3)26-24(30)19(4)28(15-20-9-11-21(25)12-10-20)23(29)16-27(5)33(31,32)22-13-7-17(2)8-14-22/h7-14,18-19H,6,15-16H2,1-5H3,(H,26,30)/t18-,19-/m1/s1. The molecule has 2 rings (SSSR count). The van der Waals surface area contributed by atoms with Crippen LogP contribution >= 0.6 is 15.9 Å². The van der Waals surface area contributed by atoms with Gasteiger partial charge in [0.05, 0.1) is 11.4 Å². The Kier molecular flexibility index (Phi) is 9.63. The average molecular weight is 539 g/mol. The molecule has 0 aliphatic heterocycles. The van der Waals surface area contributed by atoms with Crippen molar-refractivity contribution >= 4 is 37.8 Å². The van der Waals surface area contributed by atoms with Crippen molar-refractivity contribution in [3.05, 3.63) is 64.1 Å². The minimum Gasteiger partial charge on any atom is -0.352 e. The molecule has 0 radical (unpaired) electrons. The summed E-state index contributed by atoms with van der Waals surface area (Å²) < 4.78 is 27.8. The van der Waals surface area contributed by atoms with E-state index in [1.54, 1.807) is 19.1 Å². The van der Waals surface area contributed by atoms with Gasteiger partial charge in [-0.3, -0.25) is 9.59 Å². The molecule has 0 aliphatic rings. The van der Waals surface area contributed by atoms with Gasteiger partial charge in [0.15, 0.2) is 0 Å². The number of carbonyl (C=O) groups is 2. The summed E-state index contributed by atoms with van der Waals surface area (Å²) in [5.74, 6) is -0.734. The first kappa shape index (κ1) is 27.0. The van der Waals surface area contributed by atoms with Gasteiger partial charge in [0.2, 0.25) is 21.8 Å². The summed E-state index contributed by atoms with van der Waals surface area (Å²) in [7, 11) is -2.48. The maximum Gasteiger partial charge on any atom is 0.243 e. The highest BCUT2D eigenvalue weighted by molar-refractivity contribution is 9.10. The molecule has 7 nitrogen and oxygen atoms in total. The normalized spacial score (nSPS) is 13.4. The summed E-state index contributed by atoms with van der Waals surface area (Å²) >= 11 is 3.39. The van der Waals surface area contributed by atoms with E-state index in [0.717, 1.165) is 26.3 Å². The molecule has 1 N–H and O–H groups in total.